The highest BCUT2D eigenvalue weighted by atomic mass is 32.1. The van der Waals surface area contributed by atoms with Gasteiger partial charge in [-0.2, -0.15) is 0 Å². The predicted molar refractivity (Wildman–Crippen MR) is 102 cm³/mol. The van der Waals surface area contributed by atoms with Crippen LogP contribution in [-0.2, 0) is 11.2 Å². The number of carbonyl (C=O) groups excluding carboxylic acids is 1. The number of nitrogens with zero attached hydrogens (tertiary/aromatic N) is 1. The number of hydrogen-bond acceptors (Lipinski definition) is 4. The molecule has 3 rings (SSSR count). The summed E-state index contributed by atoms with van der Waals surface area (Å²) in [6, 6.07) is 10.2. The Bertz CT molecular complexity index is 696. The zero-order valence-electron chi connectivity index (χ0n) is 15.0. The molecule has 1 aliphatic heterocycles. The Morgan fingerprint density at radius 3 is 2.84 bits per heavy atom. The fourth-order valence-corrected chi connectivity index (χ4v) is 4.23. The maximum Gasteiger partial charge on any atom is 0.237 e. The molecule has 0 spiro atoms. The summed E-state index contributed by atoms with van der Waals surface area (Å²) in [6.45, 7) is 4.24. The van der Waals surface area contributed by atoms with Crippen molar-refractivity contribution in [3.05, 3.63) is 51.7 Å². The molecule has 1 N–H and O–H groups in total. The molecule has 134 valence electrons. The third-order valence-electron chi connectivity index (χ3n) is 4.70. The lowest BCUT2D eigenvalue weighted by atomic mass is 9.93. The highest BCUT2D eigenvalue weighted by Crippen LogP contribution is 2.38. The first-order chi connectivity index (χ1) is 12.2. The van der Waals surface area contributed by atoms with E-state index >= 15 is 0 Å². The van der Waals surface area contributed by atoms with E-state index in [1.54, 1.807) is 18.4 Å². The summed E-state index contributed by atoms with van der Waals surface area (Å²) in [4.78, 5) is 16.3. The van der Waals surface area contributed by atoms with Crippen molar-refractivity contribution in [2.75, 3.05) is 26.7 Å². The molecule has 1 aliphatic rings. The maximum atomic E-state index is 12.8. The Kier molecular flexibility index (Phi) is 6.10. The highest BCUT2D eigenvalue weighted by molar-refractivity contribution is 7.10. The molecule has 0 saturated heterocycles. The van der Waals surface area contributed by atoms with E-state index in [1.807, 2.05) is 17.0 Å². The largest absolute Gasteiger partial charge is 0.497 e. The van der Waals surface area contributed by atoms with Gasteiger partial charge in [0.1, 0.15) is 5.75 Å². The molecule has 0 bridgehead atoms. The zero-order chi connectivity index (χ0) is 17.6. The molecule has 4 nitrogen and oxygen atoms in total. The van der Waals surface area contributed by atoms with Crippen molar-refractivity contribution in [2.24, 2.45) is 0 Å². The number of thiophene rings is 1. The Morgan fingerprint density at radius 1 is 1.32 bits per heavy atom. The monoisotopic (exact) mass is 358 g/mol. The summed E-state index contributed by atoms with van der Waals surface area (Å²) < 4.78 is 5.27. The molecule has 0 radical (unpaired) electrons. The molecular weight excluding hydrogens is 332 g/mol. The van der Waals surface area contributed by atoms with Gasteiger partial charge in [0, 0.05) is 11.4 Å². The normalized spacial score (nSPS) is 16.6. The van der Waals surface area contributed by atoms with Crippen molar-refractivity contribution in [2.45, 2.75) is 32.2 Å². The number of unbranched alkanes of at least 4 members (excludes halogenated alkanes) is 1. The second kappa shape index (κ2) is 8.50. The van der Waals surface area contributed by atoms with Gasteiger partial charge in [0.15, 0.2) is 0 Å². The molecule has 1 aromatic heterocycles. The quantitative estimate of drug-likeness (QED) is 0.769. The van der Waals surface area contributed by atoms with Crippen LogP contribution in [-0.4, -0.2) is 37.6 Å². The molecule has 0 unspecified atom stereocenters. The van der Waals surface area contributed by atoms with Gasteiger partial charge in [-0.1, -0.05) is 25.5 Å². The van der Waals surface area contributed by atoms with Gasteiger partial charge in [-0.15, -0.1) is 11.3 Å². The van der Waals surface area contributed by atoms with Crippen LogP contribution >= 0.6 is 11.3 Å². The van der Waals surface area contributed by atoms with Gasteiger partial charge in [-0.05, 0) is 54.1 Å². The standard InChI is InChI=1S/C20H26N2O2S/c1-3-4-11-21-14-19(23)22-12-9-18-17(10-13-25-18)20(22)15-5-7-16(24-2)8-6-15/h5-8,10,13,20-21H,3-4,9,11-12,14H2,1-2H3/t20-/m1/s1. The molecule has 1 atom stereocenters. The van der Waals surface area contributed by atoms with Crippen LogP contribution in [0.2, 0.25) is 0 Å². The summed E-state index contributed by atoms with van der Waals surface area (Å²) in [5, 5.41) is 5.42. The van der Waals surface area contributed by atoms with E-state index < -0.39 is 0 Å². The molecule has 25 heavy (non-hydrogen) atoms. The van der Waals surface area contributed by atoms with Crippen molar-refractivity contribution in [1.82, 2.24) is 10.2 Å². The van der Waals surface area contributed by atoms with Crippen LogP contribution in [0.4, 0.5) is 0 Å². The zero-order valence-corrected chi connectivity index (χ0v) is 15.8. The number of rotatable bonds is 7. The van der Waals surface area contributed by atoms with E-state index in [0.717, 1.165) is 43.7 Å². The van der Waals surface area contributed by atoms with E-state index in [9.17, 15) is 4.79 Å². The highest BCUT2D eigenvalue weighted by Gasteiger charge is 2.32. The maximum absolute atomic E-state index is 12.8. The average Bonchev–Trinajstić information content (AvgIpc) is 3.13. The SMILES string of the molecule is CCCCNCC(=O)N1CCc2sccc2[C@H]1c1ccc(OC)cc1. The van der Waals surface area contributed by atoms with E-state index in [4.69, 9.17) is 4.74 Å². The molecule has 1 aromatic carbocycles. The summed E-state index contributed by atoms with van der Waals surface area (Å²) in [7, 11) is 1.67. The molecule has 2 heterocycles. The lowest BCUT2D eigenvalue weighted by Crippen LogP contribution is -2.44. The van der Waals surface area contributed by atoms with Gasteiger partial charge < -0.3 is 15.0 Å². The van der Waals surface area contributed by atoms with Crippen molar-refractivity contribution >= 4 is 17.2 Å². The fourth-order valence-electron chi connectivity index (χ4n) is 3.33. The molecule has 0 fully saturated rings. The van der Waals surface area contributed by atoms with E-state index in [2.05, 4.69) is 35.8 Å². The van der Waals surface area contributed by atoms with Crippen LogP contribution in [0, 0.1) is 0 Å². The second-order valence-corrected chi connectivity index (χ2v) is 7.34. The summed E-state index contributed by atoms with van der Waals surface area (Å²) in [6.07, 6.45) is 3.18. The number of hydrogen-bond donors (Lipinski definition) is 1. The number of amides is 1. The van der Waals surface area contributed by atoms with Crippen LogP contribution < -0.4 is 10.1 Å². The van der Waals surface area contributed by atoms with Gasteiger partial charge in [-0.25, -0.2) is 0 Å². The van der Waals surface area contributed by atoms with Crippen molar-refractivity contribution in [3.8, 4) is 5.75 Å². The van der Waals surface area contributed by atoms with Crippen LogP contribution in [0.5, 0.6) is 5.75 Å². The number of nitrogens with one attached hydrogen (secondary N) is 1. The number of fused-ring (bicyclic) bond motifs is 1. The molecule has 2 aromatic rings. The molecule has 1 amide bonds. The first-order valence-electron chi connectivity index (χ1n) is 8.95. The average molecular weight is 359 g/mol. The van der Waals surface area contributed by atoms with E-state index in [0.29, 0.717) is 6.54 Å². The van der Waals surface area contributed by atoms with Crippen molar-refractivity contribution < 1.29 is 9.53 Å². The third-order valence-corrected chi connectivity index (χ3v) is 5.70. The minimum atomic E-state index is 0.00128. The summed E-state index contributed by atoms with van der Waals surface area (Å²) >= 11 is 1.79. The van der Waals surface area contributed by atoms with E-state index in [1.165, 1.54) is 10.4 Å². The van der Waals surface area contributed by atoms with Gasteiger partial charge in [0.2, 0.25) is 5.91 Å². The third kappa shape index (κ3) is 4.05. The topological polar surface area (TPSA) is 41.6 Å². The first-order valence-corrected chi connectivity index (χ1v) is 9.83. The Morgan fingerprint density at radius 2 is 2.12 bits per heavy atom. The Hall–Kier alpha value is -1.85. The molecule has 0 saturated carbocycles. The van der Waals surface area contributed by atoms with Crippen LogP contribution in [0.1, 0.15) is 41.8 Å². The number of carbonyl (C=O) groups is 1. The van der Waals surface area contributed by atoms with Crippen LogP contribution in [0.15, 0.2) is 35.7 Å². The second-order valence-electron chi connectivity index (χ2n) is 6.34. The minimum Gasteiger partial charge on any atom is -0.497 e. The Labute approximate surface area is 153 Å². The fraction of sp³-hybridized carbons (Fsp3) is 0.450. The molecule has 0 aliphatic carbocycles. The minimum absolute atomic E-state index is 0.00128. The lowest BCUT2D eigenvalue weighted by molar-refractivity contribution is -0.132. The number of benzene rings is 1. The predicted octanol–water partition coefficient (Wildman–Crippen LogP) is 3.62. The smallest absolute Gasteiger partial charge is 0.237 e. The van der Waals surface area contributed by atoms with Gasteiger partial charge in [0.05, 0.1) is 19.7 Å². The van der Waals surface area contributed by atoms with Crippen molar-refractivity contribution in [1.29, 1.82) is 0 Å². The first kappa shape index (κ1) is 18.0. The number of ether oxygens (including phenoxy) is 1. The molecule has 5 heteroatoms. The number of methoxy groups -OCH3 is 1. The van der Waals surface area contributed by atoms with E-state index in [-0.39, 0.29) is 11.9 Å². The summed E-state index contributed by atoms with van der Waals surface area (Å²) in [5.74, 6) is 1.01. The van der Waals surface area contributed by atoms with Gasteiger partial charge in [0.25, 0.3) is 0 Å². The van der Waals surface area contributed by atoms with Crippen LogP contribution in [0.3, 0.4) is 0 Å². The van der Waals surface area contributed by atoms with Crippen LogP contribution in [0.25, 0.3) is 0 Å². The van der Waals surface area contributed by atoms with Gasteiger partial charge >= 0.3 is 0 Å². The van der Waals surface area contributed by atoms with Gasteiger partial charge in [-0.3, -0.25) is 4.79 Å². The lowest BCUT2D eigenvalue weighted by Gasteiger charge is -2.36. The van der Waals surface area contributed by atoms with Crippen molar-refractivity contribution in [3.63, 3.8) is 0 Å². The summed E-state index contributed by atoms with van der Waals surface area (Å²) in [5.41, 5.74) is 2.41. The molecular formula is C20H26N2O2S. The Balaban J connectivity index is 1.82.